The van der Waals surface area contributed by atoms with Crippen molar-refractivity contribution in [2.75, 3.05) is 25.0 Å². The molecular formula is C33H45ClFN3O. The molecule has 3 aliphatic rings. The van der Waals surface area contributed by atoms with Crippen molar-refractivity contribution in [3.8, 4) is 6.07 Å². The number of anilines is 1. The average molecular weight is 554 g/mol. The van der Waals surface area contributed by atoms with Crippen molar-refractivity contribution < 1.29 is 9.18 Å². The van der Waals surface area contributed by atoms with Gasteiger partial charge < -0.3 is 10.2 Å². The SMILES string of the molecule is CC(=O)Nc1ccc(F)c(Cl)c1.CC(C)C1CC[C@]2(c3cccc(C#N)c3)CC2C1.CCCCN1CCCC1. The van der Waals surface area contributed by atoms with Crippen LogP contribution in [-0.2, 0) is 10.2 Å². The lowest BCUT2D eigenvalue weighted by Crippen LogP contribution is -2.22. The third-order valence-corrected chi connectivity index (χ3v) is 8.85. The van der Waals surface area contributed by atoms with Gasteiger partial charge in [-0.25, -0.2) is 4.39 Å². The van der Waals surface area contributed by atoms with E-state index in [4.69, 9.17) is 16.9 Å². The number of unbranched alkanes of at least 4 members (excludes halogenated alkanes) is 1. The average Bonchev–Trinajstić information content (AvgIpc) is 3.44. The Morgan fingerprint density at radius 1 is 1.23 bits per heavy atom. The molecule has 212 valence electrons. The van der Waals surface area contributed by atoms with Crippen molar-refractivity contribution >= 4 is 23.2 Å². The van der Waals surface area contributed by atoms with E-state index >= 15 is 0 Å². The van der Waals surface area contributed by atoms with Gasteiger partial charge in [-0.2, -0.15) is 5.26 Å². The van der Waals surface area contributed by atoms with Crippen LogP contribution in [0.5, 0.6) is 0 Å². The molecule has 2 aliphatic carbocycles. The molecule has 0 radical (unpaired) electrons. The van der Waals surface area contributed by atoms with Gasteiger partial charge in [0, 0.05) is 12.6 Å². The lowest BCUT2D eigenvalue weighted by Gasteiger charge is -2.31. The third kappa shape index (κ3) is 9.05. The van der Waals surface area contributed by atoms with Crippen LogP contribution in [0.25, 0.3) is 0 Å². The zero-order valence-electron chi connectivity index (χ0n) is 24.1. The predicted molar refractivity (Wildman–Crippen MR) is 159 cm³/mol. The van der Waals surface area contributed by atoms with Crippen molar-refractivity contribution in [3.05, 3.63) is 64.4 Å². The molecule has 4 nitrogen and oxygen atoms in total. The number of nitrogens with zero attached hydrogens (tertiary/aromatic N) is 2. The summed E-state index contributed by atoms with van der Waals surface area (Å²) in [7, 11) is 0. The summed E-state index contributed by atoms with van der Waals surface area (Å²) in [6, 6.07) is 14.6. The first-order valence-electron chi connectivity index (χ1n) is 14.6. The maximum Gasteiger partial charge on any atom is 0.221 e. The van der Waals surface area contributed by atoms with E-state index in [9.17, 15) is 9.18 Å². The van der Waals surface area contributed by atoms with Crippen LogP contribution in [-0.4, -0.2) is 30.4 Å². The summed E-state index contributed by atoms with van der Waals surface area (Å²) in [4.78, 5) is 13.1. The lowest BCUT2D eigenvalue weighted by atomic mass is 9.74. The standard InChI is InChI=1S/C17H21N.C8H7ClFNO.C8H17N/c1-12(2)14-6-7-17(10-16(17)9-14)15-5-3-4-13(8-15)11-18;1-5(12)11-6-2-3-8(10)7(9)4-6;1-2-3-6-9-7-4-5-8-9/h3-5,8,12,14,16H,6-7,9-10H2,1-2H3;2-4H,1H3,(H,11,12);2-8H2,1H3/t14?,16?,17-;;/m1../s1. The van der Waals surface area contributed by atoms with E-state index in [-0.39, 0.29) is 10.9 Å². The first-order valence-corrected chi connectivity index (χ1v) is 15.0. The highest BCUT2D eigenvalue weighted by Crippen LogP contribution is 2.64. The van der Waals surface area contributed by atoms with Crippen molar-refractivity contribution in [1.29, 1.82) is 5.26 Å². The Balaban J connectivity index is 0.000000174. The summed E-state index contributed by atoms with van der Waals surface area (Å²) in [6.07, 6.45) is 11.0. The van der Waals surface area contributed by atoms with Gasteiger partial charge in [-0.15, -0.1) is 0 Å². The maximum absolute atomic E-state index is 12.6. The predicted octanol–water partition coefficient (Wildman–Crippen LogP) is 8.59. The summed E-state index contributed by atoms with van der Waals surface area (Å²) < 4.78 is 12.6. The Labute approximate surface area is 239 Å². The van der Waals surface area contributed by atoms with Gasteiger partial charge in [0.05, 0.1) is 16.7 Å². The minimum Gasteiger partial charge on any atom is -0.326 e. The summed E-state index contributed by atoms with van der Waals surface area (Å²) in [6.45, 7) is 12.4. The number of amides is 1. The van der Waals surface area contributed by atoms with Gasteiger partial charge in [-0.05, 0) is 124 Å². The molecule has 1 aliphatic heterocycles. The highest BCUT2D eigenvalue weighted by atomic mass is 35.5. The summed E-state index contributed by atoms with van der Waals surface area (Å²) in [5.41, 5.74) is 3.18. The quantitative estimate of drug-likeness (QED) is 0.389. The molecule has 2 unspecified atom stereocenters. The molecule has 2 saturated carbocycles. The van der Waals surface area contributed by atoms with Gasteiger partial charge >= 0.3 is 0 Å². The van der Waals surface area contributed by atoms with E-state index in [0.29, 0.717) is 11.1 Å². The summed E-state index contributed by atoms with van der Waals surface area (Å²) in [5.74, 6) is 1.93. The zero-order valence-corrected chi connectivity index (χ0v) is 24.9. The van der Waals surface area contributed by atoms with Gasteiger partial charge in [-0.1, -0.05) is 50.9 Å². The summed E-state index contributed by atoms with van der Waals surface area (Å²) >= 11 is 5.47. The molecule has 1 amide bonds. The second-order valence-corrected chi connectivity index (χ2v) is 12.1. The lowest BCUT2D eigenvalue weighted by molar-refractivity contribution is -0.114. The van der Waals surface area contributed by atoms with Crippen molar-refractivity contribution in [2.24, 2.45) is 17.8 Å². The van der Waals surface area contributed by atoms with E-state index in [1.165, 1.54) is 102 Å². The van der Waals surface area contributed by atoms with Gasteiger partial charge in [0.15, 0.2) is 0 Å². The van der Waals surface area contributed by atoms with Crippen molar-refractivity contribution in [2.45, 2.75) is 84.5 Å². The molecule has 39 heavy (non-hydrogen) atoms. The Morgan fingerprint density at radius 2 is 1.97 bits per heavy atom. The van der Waals surface area contributed by atoms with E-state index in [1.54, 1.807) is 0 Å². The first-order chi connectivity index (χ1) is 18.7. The normalized spacial score (nSPS) is 23.4. The molecule has 1 heterocycles. The fourth-order valence-corrected chi connectivity index (χ4v) is 6.27. The van der Waals surface area contributed by atoms with Crippen LogP contribution < -0.4 is 5.32 Å². The molecule has 0 bridgehead atoms. The first kappa shape index (κ1) is 31.1. The topological polar surface area (TPSA) is 56.1 Å². The van der Waals surface area contributed by atoms with E-state index in [2.05, 4.69) is 49.2 Å². The number of halogens is 2. The fourth-order valence-electron chi connectivity index (χ4n) is 6.09. The molecule has 3 fully saturated rings. The van der Waals surface area contributed by atoms with Crippen LogP contribution in [0.4, 0.5) is 10.1 Å². The summed E-state index contributed by atoms with van der Waals surface area (Å²) in [5, 5.41) is 11.5. The van der Waals surface area contributed by atoms with E-state index in [0.717, 1.165) is 23.3 Å². The minimum absolute atomic E-state index is 0.00116. The maximum atomic E-state index is 12.6. The van der Waals surface area contributed by atoms with E-state index in [1.807, 2.05) is 12.1 Å². The molecule has 1 saturated heterocycles. The molecular weight excluding hydrogens is 509 g/mol. The van der Waals surface area contributed by atoms with Gasteiger partial charge in [-0.3, -0.25) is 4.79 Å². The number of rotatable bonds is 6. The van der Waals surface area contributed by atoms with Crippen LogP contribution >= 0.6 is 11.6 Å². The number of nitrogens with one attached hydrogen (secondary N) is 1. The van der Waals surface area contributed by atoms with Crippen LogP contribution in [0.1, 0.15) is 90.2 Å². The molecule has 0 aromatic heterocycles. The third-order valence-electron chi connectivity index (χ3n) is 8.56. The molecule has 0 spiro atoms. The van der Waals surface area contributed by atoms with Crippen LogP contribution in [0, 0.1) is 34.9 Å². The second kappa shape index (κ2) is 14.8. The van der Waals surface area contributed by atoms with Crippen molar-refractivity contribution in [3.63, 3.8) is 0 Å². The number of fused-ring (bicyclic) bond motifs is 1. The highest BCUT2D eigenvalue weighted by molar-refractivity contribution is 6.31. The Bertz CT molecular complexity index is 1120. The number of carbonyl (C=O) groups is 1. The largest absolute Gasteiger partial charge is 0.326 e. The number of hydrogen-bond donors (Lipinski definition) is 1. The van der Waals surface area contributed by atoms with Gasteiger partial charge in [0.1, 0.15) is 5.82 Å². The Kier molecular flexibility index (Phi) is 11.8. The van der Waals surface area contributed by atoms with Gasteiger partial charge in [0.25, 0.3) is 0 Å². The van der Waals surface area contributed by atoms with E-state index < -0.39 is 5.82 Å². The van der Waals surface area contributed by atoms with Crippen LogP contribution in [0.15, 0.2) is 42.5 Å². The molecule has 2 aromatic rings. The number of nitriles is 1. The fraction of sp³-hybridized carbons (Fsp3) is 0.576. The van der Waals surface area contributed by atoms with Gasteiger partial charge in [0.2, 0.25) is 5.91 Å². The zero-order chi connectivity index (χ0) is 28.4. The molecule has 6 heteroatoms. The monoisotopic (exact) mass is 553 g/mol. The highest BCUT2D eigenvalue weighted by Gasteiger charge is 2.57. The molecule has 2 aromatic carbocycles. The second-order valence-electron chi connectivity index (χ2n) is 11.7. The smallest absolute Gasteiger partial charge is 0.221 e. The number of hydrogen-bond acceptors (Lipinski definition) is 3. The molecule has 3 atom stereocenters. The minimum atomic E-state index is -0.495. The Morgan fingerprint density at radius 3 is 2.56 bits per heavy atom. The Hall–Kier alpha value is -2.42. The number of likely N-dealkylation sites (tertiary alicyclic amines) is 1. The molecule has 5 rings (SSSR count). The van der Waals surface area contributed by atoms with Crippen LogP contribution in [0.3, 0.4) is 0 Å². The number of carbonyl (C=O) groups excluding carboxylic acids is 1. The van der Waals surface area contributed by atoms with Crippen LogP contribution in [0.2, 0.25) is 5.02 Å². The number of benzene rings is 2. The van der Waals surface area contributed by atoms with Crippen molar-refractivity contribution in [1.82, 2.24) is 4.90 Å². The molecule has 1 N–H and O–H groups in total.